The average molecular weight is 438 g/mol. The maximum atomic E-state index is 13.7. The topological polar surface area (TPSA) is 59.1 Å². The summed E-state index contributed by atoms with van der Waals surface area (Å²) in [5, 5.41) is 0. The predicted octanol–water partition coefficient (Wildman–Crippen LogP) is 3.71. The van der Waals surface area contributed by atoms with Crippen molar-refractivity contribution in [3.63, 3.8) is 0 Å². The molecule has 0 radical (unpaired) electrons. The van der Waals surface area contributed by atoms with Crippen LogP contribution in [0.5, 0.6) is 11.5 Å². The Morgan fingerprint density at radius 3 is 2.41 bits per heavy atom. The molecule has 3 aliphatic rings. The number of hydrogen-bond acceptors (Lipinski definition) is 4. The van der Waals surface area contributed by atoms with Crippen molar-refractivity contribution in [2.24, 2.45) is 0 Å². The van der Waals surface area contributed by atoms with Crippen LogP contribution in [0.15, 0.2) is 48.5 Å². The van der Waals surface area contributed by atoms with E-state index in [2.05, 4.69) is 0 Å². The molecule has 2 aromatic carbocycles. The van der Waals surface area contributed by atoms with Gasteiger partial charge >= 0.3 is 0 Å². The summed E-state index contributed by atoms with van der Waals surface area (Å²) in [6.45, 7) is 0.586. The second-order valence-electron chi connectivity index (χ2n) is 8.76. The molecule has 32 heavy (non-hydrogen) atoms. The number of hydrogen-bond donors (Lipinski definition) is 0. The summed E-state index contributed by atoms with van der Waals surface area (Å²) in [6.07, 6.45) is 4.75. The molecule has 1 aliphatic carbocycles. The van der Waals surface area contributed by atoms with Crippen molar-refractivity contribution in [3.8, 4) is 11.5 Å². The van der Waals surface area contributed by atoms with Crippen molar-refractivity contribution in [3.05, 3.63) is 59.9 Å². The van der Waals surface area contributed by atoms with Crippen molar-refractivity contribution in [2.45, 2.75) is 50.3 Å². The predicted molar refractivity (Wildman–Crippen MR) is 116 cm³/mol. The summed E-state index contributed by atoms with van der Waals surface area (Å²) in [5.74, 6) is 0.705. The Morgan fingerprint density at radius 1 is 0.938 bits per heavy atom. The van der Waals surface area contributed by atoms with Crippen LogP contribution in [0, 0.1) is 5.82 Å². The molecule has 2 fully saturated rings. The number of fused-ring (bicyclic) bond motifs is 1. The van der Waals surface area contributed by atoms with E-state index in [1.165, 1.54) is 18.6 Å². The lowest BCUT2D eigenvalue weighted by molar-refractivity contribution is -0.160. The Hall–Kier alpha value is -3.09. The van der Waals surface area contributed by atoms with E-state index in [4.69, 9.17) is 9.47 Å². The number of carbonyl (C=O) groups excluding carboxylic acids is 2. The first-order valence-corrected chi connectivity index (χ1v) is 11.3. The Bertz CT molecular complexity index is 990. The molecular weight excluding hydrogens is 411 g/mol. The monoisotopic (exact) mass is 438 g/mol. The van der Waals surface area contributed by atoms with Crippen molar-refractivity contribution < 1.29 is 23.5 Å². The van der Waals surface area contributed by atoms with Crippen LogP contribution in [0.25, 0.3) is 0 Å². The zero-order valence-electron chi connectivity index (χ0n) is 17.9. The normalized spacial score (nSPS) is 24.0. The van der Waals surface area contributed by atoms with Crippen LogP contribution >= 0.6 is 0 Å². The molecule has 0 spiro atoms. The van der Waals surface area contributed by atoms with Gasteiger partial charge in [-0.15, -0.1) is 0 Å². The van der Waals surface area contributed by atoms with Gasteiger partial charge in [0.2, 0.25) is 5.91 Å². The van der Waals surface area contributed by atoms with Crippen LogP contribution in [-0.4, -0.2) is 53.5 Å². The summed E-state index contributed by atoms with van der Waals surface area (Å²) in [5.41, 5.74) is 0.613. The third-order valence-electron chi connectivity index (χ3n) is 6.62. The Balaban J connectivity index is 1.41. The minimum atomic E-state index is -0.792. The average Bonchev–Trinajstić information content (AvgIpc) is 2.83. The fraction of sp³-hybridized carbons (Fsp3) is 0.440. The van der Waals surface area contributed by atoms with E-state index in [1.807, 2.05) is 24.3 Å². The molecule has 2 heterocycles. The number of halogens is 1. The molecule has 1 saturated carbocycles. The highest BCUT2D eigenvalue weighted by Crippen LogP contribution is 2.35. The molecule has 5 rings (SSSR count). The molecule has 168 valence electrons. The van der Waals surface area contributed by atoms with Crippen molar-refractivity contribution in [2.75, 3.05) is 19.7 Å². The maximum absolute atomic E-state index is 13.7. The number of benzene rings is 2. The van der Waals surface area contributed by atoms with E-state index >= 15 is 0 Å². The van der Waals surface area contributed by atoms with E-state index in [0.29, 0.717) is 17.1 Å². The Kier molecular flexibility index (Phi) is 5.72. The molecule has 6 nitrogen and oxygen atoms in total. The van der Waals surface area contributed by atoms with Crippen molar-refractivity contribution in [1.29, 1.82) is 0 Å². The zero-order chi connectivity index (χ0) is 22.1. The molecule has 0 bridgehead atoms. The molecule has 0 aromatic heterocycles. The van der Waals surface area contributed by atoms with Gasteiger partial charge in [-0.25, -0.2) is 4.39 Å². The molecule has 0 N–H and O–H groups in total. The van der Waals surface area contributed by atoms with Gasteiger partial charge in [-0.2, -0.15) is 0 Å². The van der Waals surface area contributed by atoms with Gasteiger partial charge in [0.15, 0.2) is 17.6 Å². The Labute approximate surface area is 186 Å². The first-order valence-electron chi connectivity index (χ1n) is 11.3. The van der Waals surface area contributed by atoms with Gasteiger partial charge in [0.1, 0.15) is 25.0 Å². The zero-order valence-corrected chi connectivity index (χ0v) is 17.9. The first kappa shape index (κ1) is 20.8. The van der Waals surface area contributed by atoms with Crippen molar-refractivity contribution in [1.82, 2.24) is 9.80 Å². The third-order valence-corrected chi connectivity index (χ3v) is 6.62. The molecule has 2 aromatic rings. The minimum Gasteiger partial charge on any atom is -0.486 e. The lowest BCUT2D eigenvalue weighted by atomic mass is 9.91. The maximum Gasteiger partial charge on any atom is 0.250 e. The van der Waals surface area contributed by atoms with Gasteiger partial charge in [0.25, 0.3) is 5.91 Å². The third kappa shape index (κ3) is 4.04. The number of para-hydroxylation sites is 2. The number of ether oxygens (including phenoxy) is 2. The number of carbonyl (C=O) groups is 2. The summed E-state index contributed by atoms with van der Waals surface area (Å²) >= 11 is 0. The molecule has 1 saturated heterocycles. The van der Waals surface area contributed by atoms with E-state index in [-0.39, 0.29) is 43.4 Å². The van der Waals surface area contributed by atoms with Crippen molar-refractivity contribution >= 4 is 11.8 Å². The van der Waals surface area contributed by atoms with Crippen LogP contribution < -0.4 is 9.47 Å². The van der Waals surface area contributed by atoms with E-state index < -0.39 is 12.1 Å². The van der Waals surface area contributed by atoms with Gasteiger partial charge < -0.3 is 19.3 Å². The second kappa shape index (κ2) is 8.81. The fourth-order valence-corrected chi connectivity index (χ4v) is 5.00. The highest BCUT2D eigenvalue weighted by Gasteiger charge is 2.44. The van der Waals surface area contributed by atoms with E-state index in [1.54, 1.807) is 21.9 Å². The molecule has 7 heteroatoms. The Morgan fingerprint density at radius 2 is 1.66 bits per heavy atom. The standard InChI is InChI=1S/C25H27FN2O4/c26-18-12-10-17(11-13-18)24-25(30)27(19-6-2-1-3-7-19)15-23(29)28(24)14-20-16-31-21-8-4-5-9-22(21)32-20/h4-5,8-13,19-20,24H,1-3,6-7,14-16H2/t20-,24+/m1/s1. The van der Waals surface area contributed by atoms with Crippen LogP contribution in [0.1, 0.15) is 43.7 Å². The smallest absolute Gasteiger partial charge is 0.250 e. The number of rotatable bonds is 4. The summed E-state index contributed by atoms with van der Waals surface area (Å²) < 4.78 is 25.5. The largest absolute Gasteiger partial charge is 0.486 e. The van der Waals surface area contributed by atoms with Crippen LogP contribution in [0.3, 0.4) is 0 Å². The number of piperazine rings is 1. The van der Waals surface area contributed by atoms with E-state index in [0.717, 1.165) is 25.7 Å². The van der Waals surface area contributed by atoms with Gasteiger partial charge in [0.05, 0.1) is 6.54 Å². The fourth-order valence-electron chi connectivity index (χ4n) is 5.00. The van der Waals surface area contributed by atoms with Crippen LogP contribution in [0.2, 0.25) is 0 Å². The molecule has 2 aliphatic heterocycles. The van der Waals surface area contributed by atoms with Gasteiger partial charge in [-0.05, 0) is 42.7 Å². The highest BCUT2D eigenvalue weighted by molar-refractivity contribution is 5.95. The van der Waals surface area contributed by atoms with Crippen LogP contribution in [-0.2, 0) is 9.59 Å². The molecule has 2 atom stereocenters. The van der Waals surface area contributed by atoms with E-state index in [9.17, 15) is 14.0 Å². The lowest BCUT2D eigenvalue weighted by Crippen LogP contribution is -2.60. The summed E-state index contributed by atoms with van der Waals surface area (Å²) in [7, 11) is 0. The quantitative estimate of drug-likeness (QED) is 0.730. The summed E-state index contributed by atoms with van der Waals surface area (Å²) in [4.78, 5) is 30.3. The van der Waals surface area contributed by atoms with Gasteiger partial charge in [-0.3, -0.25) is 9.59 Å². The number of nitrogens with zero attached hydrogens (tertiary/aromatic N) is 2. The van der Waals surface area contributed by atoms with Gasteiger partial charge in [0, 0.05) is 6.04 Å². The summed E-state index contributed by atoms with van der Waals surface area (Å²) in [6, 6.07) is 12.6. The first-order chi connectivity index (χ1) is 15.6. The molecular formula is C25H27FN2O4. The SMILES string of the molecule is O=C1[C@H](c2ccc(F)cc2)N(C[C@@H]2COc3ccccc3O2)C(=O)CN1C1CCCCC1. The van der Waals surface area contributed by atoms with Gasteiger partial charge in [-0.1, -0.05) is 43.5 Å². The number of amides is 2. The van der Waals surface area contributed by atoms with Crippen LogP contribution in [0.4, 0.5) is 4.39 Å². The highest BCUT2D eigenvalue weighted by atomic mass is 19.1. The molecule has 0 unspecified atom stereocenters. The lowest BCUT2D eigenvalue weighted by Gasteiger charge is -2.45. The minimum absolute atomic E-state index is 0.0748. The molecule has 2 amide bonds. The second-order valence-corrected chi connectivity index (χ2v) is 8.76.